The van der Waals surface area contributed by atoms with Crippen molar-refractivity contribution in [2.45, 2.75) is 65.2 Å². The number of ether oxygens (including phenoxy) is 3. The lowest BCUT2D eigenvalue weighted by Gasteiger charge is -2.19. The van der Waals surface area contributed by atoms with Gasteiger partial charge in [-0.1, -0.05) is 19.6 Å². The molecule has 0 saturated heterocycles. The van der Waals surface area contributed by atoms with E-state index in [4.69, 9.17) is 19.3 Å². The molecule has 162 valence electrons. The van der Waals surface area contributed by atoms with E-state index in [1.807, 2.05) is 43.7 Å². The molecule has 1 amide bonds. The van der Waals surface area contributed by atoms with Gasteiger partial charge in [0, 0.05) is 33.0 Å². The Kier molecular flexibility index (Phi) is 7.71. The van der Waals surface area contributed by atoms with E-state index in [2.05, 4.69) is 25.0 Å². The zero-order chi connectivity index (χ0) is 21.7. The molecule has 0 saturated carbocycles. The van der Waals surface area contributed by atoms with E-state index in [1.165, 1.54) is 0 Å². The Morgan fingerprint density at radius 1 is 1.24 bits per heavy atom. The first-order chi connectivity index (χ1) is 13.5. The van der Waals surface area contributed by atoms with E-state index in [-0.39, 0.29) is 0 Å². The van der Waals surface area contributed by atoms with E-state index in [0.717, 1.165) is 35.0 Å². The van der Waals surface area contributed by atoms with E-state index < -0.39 is 19.8 Å². The highest BCUT2D eigenvalue weighted by molar-refractivity contribution is 6.76. The third-order valence-electron chi connectivity index (χ3n) is 4.27. The second-order valence-corrected chi connectivity index (χ2v) is 15.0. The van der Waals surface area contributed by atoms with Crippen LogP contribution in [0.1, 0.15) is 26.5 Å². The minimum absolute atomic E-state index is 0.410. The maximum Gasteiger partial charge on any atom is 0.407 e. The topological polar surface area (TPSA) is 74.6 Å². The fourth-order valence-electron chi connectivity index (χ4n) is 2.76. The highest BCUT2D eigenvalue weighted by Gasteiger charge is 2.17. The first-order valence-electron chi connectivity index (χ1n) is 10.1. The standard InChI is InChI=1S/C21H35N3O4Si/c1-21(2,3)28-20(25)22-11-10-18-17-14-16(26-4)8-9-19(17)24(23-18)15-27-12-13-29(5,6)7/h8-9,14H,10-13,15H2,1-7H3,(H,22,25). The van der Waals surface area contributed by atoms with Crippen molar-refractivity contribution in [3.05, 3.63) is 23.9 Å². The molecule has 0 fully saturated rings. The van der Waals surface area contributed by atoms with Crippen LogP contribution >= 0.6 is 0 Å². The molecular formula is C21H35N3O4Si. The molecule has 1 aromatic carbocycles. The number of benzene rings is 1. The number of amides is 1. The minimum atomic E-state index is -1.13. The largest absolute Gasteiger partial charge is 0.497 e. The Morgan fingerprint density at radius 3 is 2.59 bits per heavy atom. The number of nitrogens with one attached hydrogen (secondary N) is 1. The van der Waals surface area contributed by atoms with Crippen LogP contribution in [-0.4, -0.2) is 49.8 Å². The first-order valence-corrected chi connectivity index (χ1v) is 13.8. The van der Waals surface area contributed by atoms with Gasteiger partial charge < -0.3 is 19.5 Å². The maximum absolute atomic E-state index is 11.9. The normalized spacial score (nSPS) is 12.2. The van der Waals surface area contributed by atoms with E-state index in [0.29, 0.717) is 19.7 Å². The first kappa shape index (κ1) is 23.2. The lowest BCUT2D eigenvalue weighted by molar-refractivity contribution is 0.0528. The highest BCUT2D eigenvalue weighted by Crippen LogP contribution is 2.24. The van der Waals surface area contributed by atoms with Gasteiger partial charge in [0.15, 0.2) is 0 Å². The Hall–Kier alpha value is -2.06. The lowest BCUT2D eigenvalue weighted by atomic mass is 10.1. The number of alkyl carbamates (subject to hydrolysis) is 1. The summed E-state index contributed by atoms with van der Waals surface area (Å²) in [7, 11) is 0.522. The van der Waals surface area contributed by atoms with Crippen LogP contribution in [0.2, 0.25) is 25.7 Å². The number of nitrogens with zero attached hydrogens (tertiary/aromatic N) is 2. The van der Waals surface area contributed by atoms with Gasteiger partial charge in [-0.05, 0) is 45.0 Å². The number of rotatable bonds is 9. The second-order valence-electron chi connectivity index (χ2n) is 9.36. The number of aromatic nitrogens is 2. The molecule has 29 heavy (non-hydrogen) atoms. The molecule has 0 atom stereocenters. The summed E-state index contributed by atoms with van der Waals surface area (Å²) in [5.41, 5.74) is 1.37. The SMILES string of the molecule is COc1ccc2c(c1)c(CCNC(=O)OC(C)(C)C)nn2COCC[Si](C)(C)C. The number of hydrogen-bond donors (Lipinski definition) is 1. The van der Waals surface area contributed by atoms with Crippen LogP contribution in [0.25, 0.3) is 10.9 Å². The Bertz CT molecular complexity index is 822. The number of methoxy groups -OCH3 is 1. The second kappa shape index (κ2) is 9.62. The van der Waals surface area contributed by atoms with Crippen molar-refractivity contribution < 1.29 is 19.0 Å². The molecule has 0 unspecified atom stereocenters. The molecule has 1 heterocycles. The zero-order valence-corrected chi connectivity index (χ0v) is 19.8. The lowest BCUT2D eigenvalue weighted by Crippen LogP contribution is -2.33. The summed E-state index contributed by atoms with van der Waals surface area (Å²) in [6.07, 6.45) is 0.165. The summed E-state index contributed by atoms with van der Waals surface area (Å²) < 4.78 is 18.4. The van der Waals surface area contributed by atoms with Crippen LogP contribution < -0.4 is 10.1 Å². The molecule has 2 rings (SSSR count). The van der Waals surface area contributed by atoms with Crippen molar-refractivity contribution in [3.8, 4) is 5.75 Å². The molecule has 0 aliphatic rings. The molecule has 7 nitrogen and oxygen atoms in total. The van der Waals surface area contributed by atoms with Gasteiger partial charge in [0.05, 0.1) is 18.3 Å². The Balaban J connectivity index is 2.07. The van der Waals surface area contributed by atoms with Crippen molar-refractivity contribution in [3.63, 3.8) is 0 Å². The fourth-order valence-corrected chi connectivity index (χ4v) is 3.52. The number of carbonyl (C=O) groups is 1. The van der Waals surface area contributed by atoms with Gasteiger partial charge in [-0.25, -0.2) is 9.48 Å². The predicted molar refractivity (Wildman–Crippen MR) is 118 cm³/mol. The average molecular weight is 422 g/mol. The number of hydrogen-bond acceptors (Lipinski definition) is 5. The van der Waals surface area contributed by atoms with Crippen LogP contribution in [0.3, 0.4) is 0 Å². The van der Waals surface area contributed by atoms with Crippen molar-refractivity contribution in [2.75, 3.05) is 20.3 Å². The van der Waals surface area contributed by atoms with Crippen LogP contribution in [0.5, 0.6) is 5.75 Å². The monoisotopic (exact) mass is 421 g/mol. The van der Waals surface area contributed by atoms with Crippen LogP contribution in [0.15, 0.2) is 18.2 Å². The van der Waals surface area contributed by atoms with Gasteiger partial charge in [0.1, 0.15) is 18.1 Å². The molecule has 0 aliphatic heterocycles. The van der Waals surface area contributed by atoms with E-state index in [1.54, 1.807) is 7.11 Å². The quantitative estimate of drug-likeness (QED) is 0.479. The van der Waals surface area contributed by atoms with Crippen molar-refractivity contribution in [1.82, 2.24) is 15.1 Å². The Labute approximate surface area is 174 Å². The molecule has 8 heteroatoms. The molecule has 0 aliphatic carbocycles. The van der Waals surface area contributed by atoms with E-state index >= 15 is 0 Å². The summed E-state index contributed by atoms with van der Waals surface area (Å²) in [5.74, 6) is 0.776. The van der Waals surface area contributed by atoms with Crippen molar-refractivity contribution >= 4 is 25.1 Å². The van der Waals surface area contributed by atoms with Crippen LogP contribution in [0, 0.1) is 0 Å². The summed E-state index contributed by atoms with van der Waals surface area (Å²) in [6, 6.07) is 7.01. The maximum atomic E-state index is 11.9. The molecule has 0 bridgehead atoms. The van der Waals surface area contributed by atoms with Crippen LogP contribution in [0.4, 0.5) is 4.79 Å². The molecule has 0 radical (unpaired) electrons. The Morgan fingerprint density at radius 2 is 1.97 bits per heavy atom. The fraction of sp³-hybridized carbons (Fsp3) is 0.619. The molecule has 1 aromatic heterocycles. The summed E-state index contributed by atoms with van der Waals surface area (Å²) in [5, 5.41) is 8.52. The van der Waals surface area contributed by atoms with E-state index in [9.17, 15) is 4.79 Å². The van der Waals surface area contributed by atoms with Crippen molar-refractivity contribution in [2.24, 2.45) is 0 Å². The summed E-state index contributed by atoms with van der Waals surface area (Å²) in [4.78, 5) is 11.9. The van der Waals surface area contributed by atoms with Gasteiger partial charge in [-0.3, -0.25) is 0 Å². The summed E-state index contributed by atoms with van der Waals surface area (Å²) in [6.45, 7) is 14.1. The van der Waals surface area contributed by atoms with Gasteiger partial charge in [-0.15, -0.1) is 0 Å². The molecule has 1 N–H and O–H groups in total. The smallest absolute Gasteiger partial charge is 0.407 e. The third-order valence-corrected chi connectivity index (χ3v) is 5.98. The highest BCUT2D eigenvalue weighted by atomic mass is 28.3. The van der Waals surface area contributed by atoms with Gasteiger partial charge in [-0.2, -0.15) is 5.10 Å². The summed E-state index contributed by atoms with van der Waals surface area (Å²) >= 11 is 0. The van der Waals surface area contributed by atoms with Gasteiger partial charge in [0.2, 0.25) is 0 Å². The van der Waals surface area contributed by atoms with Crippen molar-refractivity contribution in [1.29, 1.82) is 0 Å². The molecular weight excluding hydrogens is 386 g/mol. The number of fused-ring (bicyclic) bond motifs is 1. The number of carbonyl (C=O) groups excluding carboxylic acids is 1. The predicted octanol–water partition coefficient (Wildman–Crippen LogP) is 4.42. The zero-order valence-electron chi connectivity index (χ0n) is 18.8. The van der Waals surface area contributed by atoms with Gasteiger partial charge >= 0.3 is 6.09 Å². The average Bonchev–Trinajstić information content (AvgIpc) is 2.93. The van der Waals surface area contributed by atoms with Gasteiger partial charge in [0.25, 0.3) is 0 Å². The molecule has 0 spiro atoms. The third kappa shape index (κ3) is 7.70. The minimum Gasteiger partial charge on any atom is -0.497 e. The molecule has 2 aromatic rings. The van der Waals surface area contributed by atoms with Crippen LogP contribution in [-0.2, 0) is 22.6 Å².